The number of benzene rings is 1. The zero-order valence-electron chi connectivity index (χ0n) is 16.4. The molecule has 2 rings (SSSR count). The topological polar surface area (TPSA) is 73.0 Å². The quantitative estimate of drug-likeness (QED) is 0.756. The van der Waals surface area contributed by atoms with E-state index in [1.54, 1.807) is 26.0 Å². The molecular weight excluding hydrogens is 371 g/mol. The number of piperazine rings is 1. The third-order valence-electron chi connectivity index (χ3n) is 5.00. The van der Waals surface area contributed by atoms with Gasteiger partial charge in [-0.15, -0.1) is 0 Å². The van der Waals surface area contributed by atoms with Gasteiger partial charge in [-0.1, -0.05) is 19.9 Å². The lowest BCUT2D eigenvalue weighted by molar-refractivity contribution is -0.121. The van der Waals surface area contributed by atoms with Gasteiger partial charge in [0.15, 0.2) is 0 Å². The van der Waals surface area contributed by atoms with Crippen molar-refractivity contribution in [2.45, 2.75) is 33.7 Å². The van der Waals surface area contributed by atoms with E-state index in [0.29, 0.717) is 50.5 Å². The first-order valence-electron chi connectivity index (χ1n) is 9.27. The summed E-state index contributed by atoms with van der Waals surface area (Å²) in [5, 5.41) is 2.72. The number of rotatable bonds is 7. The van der Waals surface area contributed by atoms with E-state index in [0.717, 1.165) is 0 Å². The Bertz CT molecular complexity index is 760. The van der Waals surface area contributed by atoms with Crippen molar-refractivity contribution < 1.29 is 17.6 Å². The molecule has 9 heteroatoms. The number of amides is 1. The first-order chi connectivity index (χ1) is 12.7. The van der Waals surface area contributed by atoms with Gasteiger partial charge in [0.1, 0.15) is 5.82 Å². The summed E-state index contributed by atoms with van der Waals surface area (Å²) in [4.78, 5) is 14.4. The molecule has 1 aromatic rings. The smallest absolute Gasteiger partial charge is 0.282 e. The van der Waals surface area contributed by atoms with Crippen molar-refractivity contribution >= 4 is 21.8 Å². The molecule has 1 aromatic carbocycles. The molecule has 1 aliphatic heterocycles. The van der Waals surface area contributed by atoms with Crippen LogP contribution in [0.2, 0.25) is 0 Å². The van der Waals surface area contributed by atoms with Crippen LogP contribution in [0, 0.1) is 12.7 Å². The number of anilines is 1. The van der Waals surface area contributed by atoms with Gasteiger partial charge in [-0.25, -0.2) is 4.39 Å². The van der Waals surface area contributed by atoms with Crippen molar-refractivity contribution in [3.05, 3.63) is 29.6 Å². The van der Waals surface area contributed by atoms with E-state index < -0.39 is 16.3 Å². The Morgan fingerprint density at radius 2 is 1.81 bits per heavy atom. The van der Waals surface area contributed by atoms with Crippen LogP contribution >= 0.6 is 0 Å². The van der Waals surface area contributed by atoms with E-state index in [4.69, 9.17) is 0 Å². The van der Waals surface area contributed by atoms with E-state index in [9.17, 15) is 17.6 Å². The normalized spacial score (nSPS) is 17.9. The fraction of sp³-hybridized carbons (Fsp3) is 0.611. The minimum atomic E-state index is -3.45. The molecular formula is C18H29FN4O3S. The number of aryl methyl sites for hydroxylation is 1. The second-order valence-corrected chi connectivity index (χ2v) is 8.58. The minimum absolute atomic E-state index is 0.238. The molecule has 0 bridgehead atoms. The summed E-state index contributed by atoms with van der Waals surface area (Å²) >= 11 is 0. The van der Waals surface area contributed by atoms with Crippen LogP contribution in [-0.2, 0) is 15.0 Å². The average molecular weight is 401 g/mol. The molecule has 1 saturated heterocycles. The van der Waals surface area contributed by atoms with Crippen LogP contribution in [0.25, 0.3) is 0 Å². The largest absolute Gasteiger partial charge is 0.325 e. The molecule has 1 heterocycles. The van der Waals surface area contributed by atoms with Crippen molar-refractivity contribution in [2.24, 2.45) is 0 Å². The van der Waals surface area contributed by atoms with Gasteiger partial charge in [-0.05, 0) is 31.5 Å². The van der Waals surface area contributed by atoms with E-state index in [2.05, 4.69) is 5.32 Å². The third kappa shape index (κ3) is 5.04. The molecule has 0 spiro atoms. The first-order valence-corrected chi connectivity index (χ1v) is 10.7. The molecule has 1 amide bonds. The van der Waals surface area contributed by atoms with E-state index in [1.165, 1.54) is 14.7 Å². The molecule has 0 radical (unpaired) electrons. The summed E-state index contributed by atoms with van der Waals surface area (Å²) in [7, 11) is -3.45. The minimum Gasteiger partial charge on any atom is -0.325 e. The molecule has 27 heavy (non-hydrogen) atoms. The van der Waals surface area contributed by atoms with Crippen molar-refractivity contribution in [1.29, 1.82) is 0 Å². The Balaban J connectivity index is 1.94. The highest BCUT2D eigenvalue weighted by Gasteiger charge is 2.33. The molecule has 0 aliphatic carbocycles. The molecule has 1 aliphatic rings. The van der Waals surface area contributed by atoms with Crippen LogP contribution in [-0.4, -0.2) is 73.1 Å². The Morgan fingerprint density at radius 1 is 1.22 bits per heavy atom. The summed E-state index contributed by atoms with van der Waals surface area (Å²) in [5.41, 5.74) is 0.935. The number of carbonyl (C=O) groups excluding carboxylic acids is 1. The lowest BCUT2D eigenvalue weighted by Crippen LogP contribution is -2.56. The zero-order valence-corrected chi connectivity index (χ0v) is 17.2. The number of halogens is 1. The fourth-order valence-electron chi connectivity index (χ4n) is 3.12. The highest BCUT2D eigenvalue weighted by atomic mass is 32.2. The Labute approximate surface area is 161 Å². The maximum atomic E-state index is 13.6. The van der Waals surface area contributed by atoms with Gasteiger partial charge in [-0.2, -0.15) is 17.0 Å². The number of nitrogens with one attached hydrogen (secondary N) is 1. The monoisotopic (exact) mass is 400 g/mol. The summed E-state index contributed by atoms with van der Waals surface area (Å²) in [6.07, 6.45) is 0. The van der Waals surface area contributed by atoms with Gasteiger partial charge in [0.2, 0.25) is 5.91 Å². The van der Waals surface area contributed by atoms with Crippen LogP contribution in [0.4, 0.5) is 10.1 Å². The molecule has 0 aromatic heterocycles. The van der Waals surface area contributed by atoms with Gasteiger partial charge in [-0.3, -0.25) is 9.69 Å². The van der Waals surface area contributed by atoms with E-state index in [-0.39, 0.29) is 11.7 Å². The maximum absolute atomic E-state index is 13.6. The lowest BCUT2D eigenvalue weighted by Gasteiger charge is -2.38. The van der Waals surface area contributed by atoms with Crippen LogP contribution < -0.4 is 5.32 Å². The predicted octanol–water partition coefficient (Wildman–Crippen LogP) is 1.67. The maximum Gasteiger partial charge on any atom is 0.282 e. The van der Waals surface area contributed by atoms with Crippen LogP contribution in [0.15, 0.2) is 18.2 Å². The zero-order chi connectivity index (χ0) is 20.2. The fourth-order valence-corrected chi connectivity index (χ4v) is 4.72. The van der Waals surface area contributed by atoms with E-state index in [1.807, 2.05) is 18.7 Å². The highest BCUT2D eigenvalue weighted by molar-refractivity contribution is 7.86. The second-order valence-electron chi connectivity index (χ2n) is 6.66. The summed E-state index contributed by atoms with van der Waals surface area (Å²) in [6.45, 7) is 9.56. The standard InChI is InChI=1S/C18H29FN4O3S/c1-5-22(6-2)27(25,26)23-11-9-21(10-12-23)15(4)18(24)20-16-8-7-14(3)17(19)13-16/h7-8,13,15H,5-6,9-12H2,1-4H3,(H,20,24). The molecule has 1 atom stereocenters. The average Bonchev–Trinajstić information content (AvgIpc) is 2.65. The SMILES string of the molecule is CCN(CC)S(=O)(=O)N1CCN(C(C)C(=O)Nc2ccc(C)c(F)c2)CC1. The number of nitrogens with zero attached hydrogens (tertiary/aromatic N) is 3. The van der Waals surface area contributed by atoms with Gasteiger partial charge < -0.3 is 5.32 Å². The molecule has 1 N–H and O–H groups in total. The molecule has 152 valence electrons. The van der Waals surface area contributed by atoms with Crippen molar-refractivity contribution in [3.63, 3.8) is 0 Å². The van der Waals surface area contributed by atoms with Crippen LogP contribution in [0.5, 0.6) is 0 Å². The van der Waals surface area contributed by atoms with Crippen LogP contribution in [0.1, 0.15) is 26.3 Å². The van der Waals surface area contributed by atoms with Crippen molar-refractivity contribution in [2.75, 3.05) is 44.6 Å². The lowest BCUT2D eigenvalue weighted by atomic mass is 10.2. The third-order valence-corrected chi connectivity index (χ3v) is 7.18. The number of hydrogen-bond acceptors (Lipinski definition) is 4. The van der Waals surface area contributed by atoms with Gasteiger partial charge >= 0.3 is 0 Å². The molecule has 0 saturated carbocycles. The van der Waals surface area contributed by atoms with Gasteiger partial charge in [0.25, 0.3) is 10.2 Å². The van der Waals surface area contributed by atoms with Crippen molar-refractivity contribution in [3.8, 4) is 0 Å². The number of carbonyl (C=O) groups is 1. The first kappa shape index (κ1) is 21.7. The molecule has 1 fully saturated rings. The van der Waals surface area contributed by atoms with E-state index >= 15 is 0 Å². The molecule has 1 unspecified atom stereocenters. The Kier molecular flexibility index (Phi) is 7.32. The Morgan fingerprint density at radius 3 is 2.33 bits per heavy atom. The van der Waals surface area contributed by atoms with Gasteiger partial charge in [0, 0.05) is 45.0 Å². The molecule has 7 nitrogen and oxygen atoms in total. The number of hydrogen-bond donors (Lipinski definition) is 1. The van der Waals surface area contributed by atoms with Crippen LogP contribution in [0.3, 0.4) is 0 Å². The Hall–Kier alpha value is -1.55. The highest BCUT2D eigenvalue weighted by Crippen LogP contribution is 2.17. The summed E-state index contributed by atoms with van der Waals surface area (Å²) in [6, 6.07) is 4.14. The summed E-state index contributed by atoms with van der Waals surface area (Å²) in [5.74, 6) is -0.603. The second kappa shape index (κ2) is 9.09. The van der Waals surface area contributed by atoms with Crippen molar-refractivity contribution in [1.82, 2.24) is 13.5 Å². The van der Waals surface area contributed by atoms with Gasteiger partial charge in [0.05, 0.1) is 6.04 Å². The summed E-state index contributed by atoms with van der Waals surface area (Å²) < 4.78 is 41.7. The predicted molar refractivity (Wildman–Crippen MR) is 104 cm³/mol.